The predicted octanol–water partition coefficient (Wildman–Crippen LogP) is 1.95. The Kier molecular flexibility index (Phi) is 2.92. The number of pyridine rings is 1. The Morgan fingerprint density at radius 3 is 2.60 bits per heavy atom. The summed E-state index contributed by atoms with van der Waals surface area (Å²) in [5, 5.41) is 8.83. The van der Waals surface area contributed by atoms with E-state index in [2.05, 4.69) is 15.3 Å². The van der Waals surface area contributed by atoms with Crippen molar-refractivity contribution in [2.45, 2.75) is 4.90 Å². The first-order valence-electron chi connectivity index (χ1n) is 5.87. The van der Waals surface area contributed by atoms with Gasteiger partial charge in [0.15, 0.2) is 5.82 Å². The third-order valence-electron chi connectivity index (χ3n) is 2.91. The number of nitrogens with one attached hydrogen (secondary N) is 2. The lowest BCUT2D eigenvalue weighted by molar-refractivity contribution is 0.598. The third kappa shape index (κ3) is 2.24. The maximum atomic E-state index is 11.5. The van der Waals surface area contributed by atoms with Crippen LogP contribution in [-0.2, 0) is 10.0 Å². The van der Waals surface area contributed by atoms with Crippen LogP contribution in [0.1, 0.15) is 0 Å². The Balaban J connectivity index is 2.12. The van der Waals surface area contributed by atoms with Gasteiger partial charge in [-0.3, -0.25) is 0 Å². The van der Waals surface area contributed by atoms with E-state index >= 15 is 0 Å². The first kappa shape index (κ1) is 12.6. The van der Waals surface area contributed by atoms with Crippen molar-refractivity contribution in [1.82, 2.24) is 9.97 Å². The zero-order valence-electron chi connectivity index (χ0n) is 10.4. The van der Waals surface area contributed by atoms with Crippen LogP contribution in [0.25, 0.3) is 10.9 Å². The first-order chi connectivity index (χ1) is 9.55. The van der Waals surface area contributed by atoms with Gasteiger partial charge in [0.25, 0.3) is 0 Å². The van der Waals surface area contributed by atoms with Crippen molar-refractivity contribution >= 4 is 32.4 Å². The molecule has 102 valence electrons. The molecule has 0 atom stereocenters. The summed E-state index contributed by atoms with van der Waals surface area (Å²) in [5.74, 6) is 0.545. The summed E-state index contributed by atoms with van der Waals surface area (Å²) in [6, 6.07) is 11.1. The molecule has 0 saturated heterocycles. The second-order valence-electron chi connectivity index (χ2n) is 4.27. The van der Waals surface area contributed by atoms with Crippen molar-refractivity contribution in [1.29, 1.82) is 0 Å². The highest BCUT2D eigenvalue weighted by Gasteiger charge is 2.16. The number of nitrogens with zero attached hydrogens (tertiary/aromatic N) is 1. The molecule has 3 aromatic rings. The summed E-state index contributed by atoms with van der Waals surface area (Å²) >= 11 is 0. The van der Waals surface area contributed by atoms with E-state index < -0.39 is 10.0 Å². The van der Waals surface area contributed by atoms with Gasteiger partial charge < -0.3 is 10.3 Å². The van der Waals surface area contributed by atoms with E-state index in [1.54, 1.807) is 6.07 Å². The smallest absolute Gasteiger partial charge is 0.240 e. The predicted molar refractivity (Wildman–Crippen MR) is 77.2 cm³/mol. The van der Waals surface area contributed by atoms with Crippen LogP contribution in [0.15, 0.2) is 53.7 Å². The number of aromatic amines is 1. The van der Waals surface area contributed by atoms with Gasteiger partial charge in [0.1, 0.15) is 4.90 Å². The number of H-pyrrole nitrogens is 1. The van der Waals surface area contributed by atoms with E-state index in [0.717, 1.165) is 5.69 Å². The van der Waals surface area contributed by atoms with Crippen LogP contribution in [0.3, 0.4) is 0 Å². The van der Waals surface area contributed by atoms with Crippen molar-refractivity contribution < 1.29 is 8.42 Å². The largest absolute Gasteiger partial charge is 0.357 e. The molecule has 2 heterocycles. The normalized spacial score (nSPS) is 11.7. The number of aromatic nitrogens is 2. The van der Waals surface area contributed by atoms with E-state index in [4.69, 9.17) is 5.14 Å². The highest BCUT2D eigenvalue weighted by Crippen LogP contribution is 2.27. The number of fused-ring (bicyclic) bond motifs is 1. The Hall–Kier alpha value is -2.38. The van der Waals surface area contributed by atoms with Crippen LogP contribution in [0, 0.1) is 0 Å². The average molecular weight is 288 g/mol. The van der Waals surface area contributed by atoms with E-state index in [1.165, 1.54) is 12.4 Å². The summed E-state index contributed by atoms with van der Waals surface area (Å²) in [6.45, 7) is 0. The summed E-state index contributed by atoms with van der Waals surface area (Å²) in [4.78, 5) is 7.18. The van der Waals surface area contributed by atoms with E-state index in [-0.39, 0.29) is 4.90 Å². The molecule has 0 fully saturated rings. The Morgan fingerprint density at radius 1 is 1.15 bits per heavy atom. The van der Waals surface area contributed by atoms with Crippen molar-refractivity contribution in [3.05, 3.63) is 48.8 Å². The molecule has 0 aliphatic carbocycles. The van der Waals surface area contributed by atoms with E-state index in [9.17, 15) is 8.42 Å². The van der Waals surface area contributed by atoms with Gasteiger partial charge in [-0.05, 0) is 18.2 Å². The summed E-state index contributed by atoms with van der Waals surface area (Å²) in [7, 11) is -3.76. The van der Waals surface area contributed by atoms with Crippen molar-refractivity contribution in [2.75, 3.05) is 5.32 Å². The van der Waals surface area contributed by atoms with Gasteiger partial charge in [0.2, 0.25) is 10.0 Å². The molecule has 0 spiro atoms. The van der Waals surface area contributed by atoms with Gasteiger partial charge in [0.05, 0.1) is 5.52 Å². The minimum Gasteiger partial charge on any atom is -0.357 e. The fourth-order valence-corrected chi connectivity index (χ4v) is 2.72. The molecule has 7 heteroatoms. The number of primary sulfonamides is 1. The number of para-hydroxylation sites is 1. The van der Waals surface area contributed by atoms with Gasteiger partial charge in [-0.2, -0.15) is 0 Å². The van der Waals surface area contributed by atoms with Crippen LogP contribution in [0.4, 0.5) is 11.5 Å². The van der Waals surface area contributed by atoms with Crippen LogP contribution in [0.2, 0.25) is 0 Å². The molecule has 0 aliphatic heterocycles. The lowest BCUT2D eigenvalue weighted by Gasteiger charge is -2.06. The number of hydrogen-bond donors (Lipinski definition) is 3. The standard InChI is InChI=1S/C13H12N4O2S/c14-20(18,19)11-8-16-12-10(11)6-7-15-13(12)17-9-4-2-1-3-5-9/h1-8,16H,(H,15,17)(H2,14,18,19). The maximum Gasteiger partial charge on any atom is 0.240 e. The van der Waals surface area contributed by atoms with Crippen LogP contribution in [-0.4, -0.2) is 18.4 Å². The molecule has 2 aromatic heterocycles. The molecule has 0 saturated carbocycles. The summed E-state index contributed by atoms with van der Waals surface area (Å²) in [6.07, 6.45) is 2.91. The summed E-state index contributed by atoms with van der Waals surface area (Å²) in [5.41, 5.74) is 1.46. The van der Waals surface area contributed by atoms with Gasteiger partial charge in [-0.1, -0.05) is 18.2 Å². The van der Waals surface area contributed by atoms with Gasteiger partial charge in [-0.15, -0.1) is 0 Å². The number of anilines is 2. The third-order valence-corrected chi connectivity index (χ3v) is 3.86. The molecule has 0 bridgehead atoms. The monoisotopic (exact) mass is 288 g/mol. The molecule has 4 N–H and O–H groups in total. The molecule has 20 heavy (non-hydrogen) atoms. The highest BCUT2D eigenvalue weighted by molar-refractivity contribution is 7.89. The average Bonchev–Trinajstić information content (AvgIpc) is 2.85. The van der Waals surface area contributed by atoms with Gasteiger partial charge in [-0.25, -0.2) is 18.5 Å². The number of nitrogens with two attached hydrogens (primary N) is 1. The van der Waals surface area contributed by atoms with E-state index in [0.29, 0.717) is 16.7 Å². The zero-order valence-corrected chi connectivity index (χ0v) is 11.2. The number of sulfonamides is 1. The Bertz CT molecular complexity index is 856. The second kappa shape index (κ2) is 4.62. The molecule has 0 aliphatic rings. The maximum absolute atomic E-state index is 11.5. The fraction of sp³-hybridized carbons (Fsp3) is 0. The lowest BCUT2D eigenvalue weighted by Crippen LogP contribution is -2.11. The lowest BCUT2D eigenvalue weighted by atomic mass is 10.3. The molecule has 0 amide bonds. The topological polar surface area (TPSA) is 101 Å². The number of benzene rings is 1. The minimum absolute atomic E-state index is 0.0611. The molecule has 0 radical (unpaired) electrons. The second-order valence-corrected chi connectivity index (χ2v) is 5.80. The van der Waals surface area contributed by atoms with Crippen LogP contribution >= 0.6 is 0 Å². The van der Waals surface area contributed by atoms with Crippen molar-refractivity contribution in [3.63, 3.8) is 0 Å². The molecule has 0 unspecified atom stereocenters. The number of hydrogen-bond acceptors (Lipinski definition) is 4. The van der Waals surface area contributed by atoms with Gasteiger partial charge >= 0.3 is 0 Å². The van der Waals surface area contributed by atoms with Crippen molar-refractivity contribution in [2.24, 2.45) is 5.14 Å². The molecule has 1 aromatic carbocycles. The first-order valence-corrected chi connectivity index (χ1v) is 7.41. The Morgan fingerprint density at radius 2 is 1.90 bits per heavy atom. The van der Waals surface area contributed by atoms with E-state index in [1.807, 2.05) is 30.3 Å². The SMILES string of the molecule is NS(=O)(=O)c1c[nH]c2c(Nc3ccccc3)nccc12. The van der Waals surface area contributed by atoms with Crippen molar-refractivity contribution in [3.8, 4) is 0 Å². The molecule has 6 nitrogen and oxygen atoms in total. The molecular formula is C13H12N4O2S. The fourth-order valence-electron chi connectivity index (χ4n) is 2.02. The summed E-state index contributed by atoms with van der Waals surface area (Å²) < 4.78 is 23.0. The quantitative estimate of drug-likeness (QED) is 0.685. The molecule has 3 rings (SSSR count). The number of rotatable bonds is 3. The Labute approximate surface area is 115 Å². The highest BCUT2D eigenvalue weighted by atomic mass is 32.2. The molecular weight excluding hydrogens is 276 g/mol. The minimum atomic E-state index is -3.76. The van der Waals surface area contributed by atoms with Gasteiger partial charge in [0, 0.05) is 23.5 Å². The van der Waals surface area contributed by atoms with Crippen LogP contribution in [0.5, 0.6) is 0 Å². The van der Waals surface area contributed by atoms with Crippen LogP contribution < -0.4 is 10.5 Å². The zero-order chi connectivity index (χ0) is 14.2.